The number of primary amides is 1. The number of nitrogens with one attached hydrogen (secondary N) is 1. The molecule has 0 bridgehead atoms. The summed E-state index contributed by atoms with van der Waals surface area (Å²) in [6.45, 7) is 2.42. The van der Waals surface area contributed by atoms with Gasteiger partial charge in [0.25, 0.3) is 11.8 Å². The Morgan fingerprint density at radius 1 is 1.26 bits per heavy atom. The van der Waals surface area contributed by atoms with Gasteiger partial charge >= 0.3 is 0 Å². The van der Waals surface area contributed by atoms with Gasteiger partial charge in [0, 0.05) is 24.7 Å². The quantitative estimate of drug-likeness (QED) is 0.678. The van der Waals surface area contributed by atoms with Crippen molar-refractivity contribution < 1.29 is 14.7 Å². The Bertz CT molecular complexity index is 805. The topological polar surface area (TPSA) is 95.7 Å². The molecule has 2 aromatic rings. The summed E-state index contributed by atoms with van der Waals surface area (Å²) < 4.78 is 0. The van der Waals surface area contributed by atoms with Crippen LogP contribution in [0.4, 0.5) is 0 Å². The summed E-state index contributed by atoms with van der Waals surface area (Å²) in [5.41, 5.74) is 7.64. The smallest absolute Gasteiger partial charge is 0.258 e. The van der Waals surface area contributed by atoms with E-state index in [0.717, 1.165) is 43.5 Å². The SMILES string of the molecule is NC(=O)c1cc(-c2cccc(C(=O)NCCN3CCCCC3CO)c2)cs1. The van der Waals surface area contributed by atoms with E-state index in [1.165, 1.54) is 11.3 Å². The average molecular weight is 388 g/mol. The highest BCUT2D eigenvalue weighted by molar-refractivity contribution is 7.12. The number of nitrogens with two attached hydrogens (primary N) is 1. The number of carbonyl (C=O) groups is 2. The molecule has 2 heterocycles. The molecule has 1 aliphatic heterocycles. The fraction of sp³-hybridized carbons (Fsp3) is 0.400. The van der Waals surface area contributed by atoms with E-state index in [1.54, 1.807) is 12.1 Å². The molecule has 0 saturated carbocycles. The molecule has 1 saturated heterocycles. The van der Waals surface area contributed by atoms with Gasteiger partial charge in [0.15, 0.2) is 0 Å². The van der Waals surface area contributed by atoms with Gasteiger partial charge in [-0.2, -0.15) is 0 Å². The Kier molecular flexibility index (Phi) is 6.60. The Morgan fingerprint density at radius 3 is 2.85 bits per heavy atom. The van der Waals surface area contributed by atoms with Gasteiger partial charge in [0.05, 0.1) is 11.5 Å². The first-order valence-corrected chi connectivity index (χ1v) is 10.1. The molecule has 0 spiro atoms. The second kappa shape index (κ2) is 9.12. The first-order chi connectivity index (χ1) is 13.1. The van der Waals surface area contributed by atoms with Crippen molar-refractivity contribution in [1.82, 2.24) is 10.2 Å². The Labute approximate surface area is 163 Å². The summed E-state index contributed by atoms with van der Waals surface area (Å²) in [6, 6.07) is 9.28. The first kappa shape index (κ1) is 19.5. The van der Waals surface area contributed by atoms with Crippen molar-refractivity contribution in [3.05, 3.63) is 46.2 Å². The molecule has 1 fully saturated rings. The lowest BCUT2D eigenvalue weighted by molar-refractivity contribution is 0.0849. The number of aliphatic hydroxyl groups is 1. The van der Waals surface area contributed by atoms with E-state index in [9.17, 15) is 14.7 Å². The fourth-order valence-corrected chi connectivity index (χ4v) is 4.20. The van der Waals surface area contributed by atoms with Gasteiger partial charge in [-0.15, -0.1) is 11.3 Å². The van der Waals surface area contributed by atoms with E-state index in [1.807, 2.05) is 23.6 Å². The average Bonchev–Trinajstić information content (AvgIpc) is 3.19. The van der Waals surface area contributed by atoms with Crippen molar-refractivity contribution in [1.29, 1.82) is 0 Å². The van der Waals surface area contributed by atoms with Crippen LogP contribution in [0.2, 0.25) is 0 Å². The third kappa shape index (κ3) is 4.94. The van der Waals surface area contributed by atoms with Crippen molar-refractivity contribution >= 4 is 23.2 Å². The van der Waals surface area contributed by atoms with E-state index in [4.69, 9.17) is 5.73 Å². The molecule has 7 heteroatoms. The highest BCUT2D eigenvalue weighted by atomic mass is 32.1. The molecule has 144 valence electrons. The van der Waals surface area contributed by atoms with Crippen LogP contribution in [0, 0.1) is 0 Å². The molecular weight excluding hydrogens is 362 g/mol. The van der Waals surface area contributed by atoms with Gasteiger partial charge in [-0.3, -0.25) is 14.5 Å². The molecule has 1 aromatic heterocycles. The monoisotopic (exact) mass is 387 g/mol. The summed E-state index contributed by atoms with van der Waals surface area (Å²) >= 11 is 1.30. The summed E-state index contributed by atoms with van der Waals surface area (Å²) in [5, 5.41) is 14.3. The molecule has 2 amide bonds. The molecule has 3 rings (SSSR count). The summed E-state index contributed by atoms with van der Waals surface area (Å²) in [6.07, 6.45) is 3.31. The number of amides is 2. The number of benzene rings is 1. The maximum absolute atomic E-state index is 12.5. The molecule has 1 unspecified atom stereocenters. The fourth-order valence-electron chi connectivity index (χ4n) is 3.43. The Hall–Kier alpha value is -2.22. The highest BCUT2D eigenvalue weighted by Crippen LogP contribution is 2.26. The van der Waals surface area contributed by atoms with Crippen LogP contribution in [0.3, 0.4) is 0 Å². The number of piperidine rings is 1. The normalized spacial score (nSPS) is 17.6. The Balaban J connectivity index is 1.59. The second-order valence-corrected chi connectivity index (χ2v) is 7.68. The molecule has 4 N–H and O–H groups in total. The van der Waals surface area contributed by atoms with Gasteiger partial charge in [-0.25, -0.2) is 0 Å². The van der Waals surface area contributed by atoms with Crippen LogP contribution in [-0.2, 0) is 0 Å². The van der Waals surface area contributed by atoms with Crippen molar-refractivity contribution in [2.24, 2.45) is 5.73 Å². The maximum atomic E-state index is 12.5. The second-order valence-electron chi connectivity index (χ2n) is 6.77. The minimum Gasteiger partial charge on any atom is -0.395 e. The molecule has 1 atom stereocenters. The van der Waals surface area contributed by atoms with Crippen molar-refractivity contribution in [2.45, 2.75) is 25.3 Å². The highest BCUT2D eigenvalue weighted by Gasteiger charge is 2.21. The number of rotatable bonds is 7. The predicted octanol–water partition coefficient (Wildman–Crippen LogP) is 2.09. The zero-order chi connectivity index (χ0) is 19.2. The number of likely N-dealkylation sites (tertiary alicyclic amines) is 1. The number of thiophene rings is 1. The van der Waals surface area contributed by atoms with E-state index in [-0.39, 0.29) is 18.6 Å². The van der Waals surface area contributed by atoms with Gasteiger partial charge < -0.3 is 16.2 Å². The number of carbonyl (C=O) groups excluding carboxylic acids is 2. The molecule has 0 aliphatic carbocycles. The van der Waals surface area contributed by atoms with Crippen molar-refractivity contribution in [2.75, 3.05) is 26.2 Å². The first-order valence-electron chi connectivity index (χ1n) is 9.20. The third-order valence-corrected chi connectivity index (χ3v) is 5.89. The van der Waals surface area contributed by atoms with Gasteiger partial charge in [0.1, 0.15) is 0 Å². The van der Waals surface area contributed by atoms with Crippen LogP contribution in [0.25, 0.3) is 11.1 Å². The largest absolute Gasteiger partial charge is 0.395 e. The van der Waals surface area contributed by atoms with Crippen LogP contribution >= 0.6 is 11.3 Å². The van der Waals surface area contributed by atoms with Crippen molar-refractivity contribution in [3.63, 3.8) is 0 Å². The van der Waals surface area contributed by atoms with Gasteiger partial charge in [0.2, 0.25) is 0 Å². The standard InChI is InChI=1S/C20H25N3O3S/c21-19(25)18-11-16(13-27-18)14-4-3-5-15(10-14)20(26)22-7-9-23-8-2-1-6-17(23)12-24/h3-5,10-11,13,17,24H,1-2,6-9,12H2,(H2,21,25)(H,22,26). The number of nitrogens with zero attached hydrogens (tertiary/aromatic N) is 1. The van der Waals surface area contributed by atoms with Crippen LogP contribution in [0.1, 0.15) is 39.3 Å². The zero-order valence-corrected chi connectivity index (χ0v) is 16.0. The minimum absolute atomic E-state index is 0.125. The lowest BCUT2D eigenvalue weighted by atomic mass is 10.0. The lowest BCUT2D eigenvalue weighted by Crippen LogP contribution is -2.45. The molecule has 1 aliphatic rings. The Morgan fingerprint density at radius 2 is 2.11 bits per heavy atom. The van der Waals surface area contributed by atoms with Crippen LogP contribution in [0.5, 0.6) is 0 Å². The van der Waals surface area contributed by atoms with E-state index in [0.29, 0.717) is 17.0 Å². The number of hydrogen-bond donors (Lipinski definition) is 3. The van der Waals surface area contributed by atoms with E-state index < -0.39 is 5.91 Å². The van der Waals surface area contributed by atoms with Gasteiger partial charge in [-0.05, 0) is 54.1 Å². The van der Waals surface area contributed by atoms with E-state index in [2.05, 4.69) is 10.2 Å². The van der Waals surface area contributed by atoms with Gasteiger partial charge in [-0.1, -0.05) is 18.6 Å². The molecular formula is C20H25N3O3S. The zero-order valence-electron chi connectivity index (χ0n) is 15.2. The summed E-state index contributed by atoms with van der Waals surface area (Å²) in [7, 11) is 0. The van der Waals surface area contributed by atoms with Crippen molar-refractivity contribution in [3.8, 4) is 11.1 Å². The van der Waals surface area contributed by atoms with Crippen LogP contribution in [0.15, 0.2) is 35.7 Å². The number of hydrogen-bond acceptors (Lipinski definition) is 5. The van der Waals surface area contributed by atoms with Crippen LogP contribution in [-0.4, -0.2) is 54.1 Å². The molecule has 1 aromatic carbocycles. The van der Waals surface area contributed by atoms with E-state index >= 15 is 0 Å². The van der Waals surface area contributed by atoms with Crippen LogP contribution < -0.4 is 11.1 Å². The summed E-state index contributed by atoms with van der Waals surface area (Å²) in [4.78, 5) is 26.5. The summed E-state index contributed by atoms with van der Waals surface area (Å²) in [5.74, 6) is -0.571. The predicted molar refractivity (Wildman–Crippen MR) is 107 cm³/mol. The third-order valence-electron chi connectivity index (χ3n) is 4.94. The lowest BCUT2D eigenvalue weighted by Gasteiger charge is -2.34. The molecule has 6 nitrogen and oxygen atoms in total. The molecule has 0 radical (unpaired) electrons. The maximum Gasteiger partial charge on any atom is 0.258 e. The number of aliphatic hydroxyl groups excluding tert-OH is 1. The minimum atomic E-state index is -0.445. The molecule has 27 heavy (non-hydrogen) atoms.